The number of thiophene rings is 1. The Kier molecular flexibility index (Phi) is 3.02. The molecule has 0 bridgehead atoms. The molecule has 0 atom stereocenters. The summed E-state index contributed by atoms with van der Waals surface area (Å²) >= 11 is 1.42. The second-order valence-corrected chi connectivity index (χ2v) is 3.78. The van der Waals surface area contributed by atoms with Crippen molar-refractivity contribution in [3.05, 3.63) is 46.4 Å². The Morgan fingerprint density at radius 1 is 1.19 bits per heavy atom. The first-order chi connectivity index (χ1) is 7.77. The number of hydrogen-bond acceptors (Lipinski definition) is 3. The monoisotopic (exact) mass is 235 g/mol. The van der Waals surface area contributed by atoms with Crippen molar-refractivity contribution in [2.45, 2.75) is 0 Å². The van der Waals surface area contributed by atoms with Crippen molar-refractivity contribution in [2.75, 3.05) is 0 Å². The van der Waals surface area contributed by atoms with Crippen molar-refractivity contribution in [3.63, 3.8) is 0 Å². The number of aromatic nitrogens is 1. The molecular formula is C10H9N3O2S. The summed E-state index contributed by atoms with van der Waals surface area (Å²) in [5.74, 6) is -0.713. The fraction of sp³-hybridized carbons (Fsp3) is 0. The highest BCUT2D eigenvalue weighted by Gasteiger charge is 2.09. The number of nitrogens with one attached hydrogen (secondary N) is 3. The van der Waals surface area contributed by atoms with E-state index in [0.717, 1.165) is 0 Å². The largest absolute Gasteiger partial charge is 0.357 e. The molecule has 0 radical (unpaired) electrons. The summed E-state index contributed by atoms with van der Waals surface area (Å²) in [6.45, 7) is 0. The van der Waals surface area contributed by atoms with Crippen LogP contribution in [0.5, 0.6) is 0 Å². The molecule has 0 saturated heterocycles. The fourth-order valence-electron chi connectivity index (χ4n) is 1.12. The van der Waals surface area contributed by atoms with Gasteiger partial charge in [-0.2, -0.15) is 11.3 Å². The molecule has 2 rings (SSSR count). The van der Waals surface area contributed by atoms with Gasteiger partial charge in [-0.05, 0) is 23.6 Å². The van der Waals surface area contributed by atoms with Gasteiger partial charge in [-0.25, -0.2) is 0 Å². The molecule has 0 aliphatic carbocycles. The van der Waals surface area contributed by atoms with Crippen molar-refractivity contribution in [3.8, 4) is 0 Å². The normalized spacial score (nSPS) is 9.75. The zero-order valence-corrected chi connectivity index (χ0v) is 9.01. The van der Waals surface area contributed by atoms with E-state index >= 15 is 0 Å². The van der Waals surface area contributed by atoms with Crippen molar-refractivity contribution in [1.82, 2.24) is 15.8 Å². The van der Waals surface area contributed by atoms with E-state index in [1.54, 1.807) is 35.2 Å². The van der Waals surface area contributed by atoms with E-state index in [4.69, 9.17) is 0 Å². The molecule has 5 nitrogen and oxygen atoms in total. The van der Waals surface area contributed by atoms with Crippen molar-refractivity contribution in [1.29, 1.82) is 0 Å². The van der Waals surface area contributed by atoms with Crippen LogP contribution in [0.2, 0.25) is 0 Å². The number of amides is 2. The number of hydrogen-bond donors (Lipinski definition) is 3. The van der Waals surface area contributed by atoms with Gasteiger partial charge in [0.05, 0.1) is 5.56 Å². The molecule has 6 heteroatoms. The highest BCUT2D eigenvalue weighted by Crippen LogP contribution is 2.04. The minimum atomic E-state index is -0.381. The average molecular weight is 235 g/mol. The third kappa shape index (κ3) is 2.29. The van der Waals surface area contributed by atoms with E-state index in [1.807, 2.05) is 0 Å². The smallest absolute Gasteiger partial charge is 0.286 e. The Balaban J connectivity index is 1.89. The van der Waals surface area contributed by atoms with Crippen LogP contribution in [0.3, 0.4) is 0 Å². The van der Waals surface area contributed by atoms with Gasteiger partial charge in [0.15, 0.2) is 0 Å². The molecular weight excluding hydrogens is 226 g/mol. The van der Waals surface area contributed by atoms with Crippen molar-refractivity contribution < 1.29 is 9.59 Å². The SMILES string of the molecule is O=C(NNC(=O)c1ccc[nH]1)c1ccsc1. The van der Waals surface area contributed by atoms with E-state index in [9.17, 15) is 9.59 Å². The molecule has 0 aliphatic rings. The van der Waals surface area contributed by atoms with Crippen molar-refractivity contribution in [2.24, 2.45) is 0 Å². The van der Waals surface area contributed by atoms with Gasteiger partial charge in [0, 0.05) is 11.6 Å². The van der Waals surface area contributed by atoms with Gasteiger partial charge < -0.3 is 4.98 Å². The highest BCUT2D eigenvalue weighted by atomic mass is 32.1. The topological polar surface area (TPSA) is 74.0 Å². The van der Waals surface area contributed by atoms with Crippen LogP contribution in [0.15, 0.2) is 35.2 Å². The second-order valence-electron chi connectivity index (χ2n) is 3.00. The van der Waals surface area contributed by atoms with Gasteiger partial charge in [0.1, 0.15) is 5.69 Å². The standard InChI is InChI=1S/C10H9N3O2S/c14-9(7-3-5-16-6-7)12-13-10(15)8-2-1-4-11-8/h1-6,11H,(H,12,14)(H,13,15). The Morgan fingerprint density at radius 2 is 2.00 bits per heavy atom. The summed E-state index contributed by atoms with van der Waals surface area (Å²) in [6, 6.07) is 5.00. The summed E-state index contributed by atoms with van der Waals surface area (Å²) < 4.78 is 0. The number of carbonyl (C=O) groups excluding carboxylic acids is 2. The third-order valence-corrected chi connectivity index (χ3v) is 2.60. The maximum Gasteiger partial charge on any atom is 0.286 e. The number of H-pyrrole nitrogens is 1. The van der Waals surface area contributed by atoms with E-state index in [-0.39, 0.29) is 11.8 Å². The van der Waals surface area contributed by atoms with Gasteiger partial charge in [-0.15, -0.1) is 0 Å². The fourth-order valence-corrected chi connectivity index (χ4v) is 1.75. The number of rotatable bonds is 2. The van der Waals surface area contributed by atoms with Gasteiger partial charge in [0.25, 0.3) is 11.8 Å². The first-order valence-corrected chi connectivity index (χ1v) is 5.48. The zero-order valence-electron chi connectivity index (χ0n) is 8.19. The van der Waals surface area contributed by atoms with Crippen LogP contribution in [0.25, 0.3) is 0 Å². The Morgan fingerprint density at radius 3 is 2.62 bits per heavy atom. The van der Waals surface area contributed by atoms with E-state index in [0.29, 0.717) is 11.3 Å². The van der Waals surface area contributed by atoms with E-state index < -0.39 is 0 Å². The molecule has 0 aromatic carbocycles. The Bertz CT molecular complexity index is 430. The number of carbonyl (C=O) groups is 2. The quantitative estimate of drug-likeness (QED) is 0.683. The maximum atomic E-state index is 11.5. The molecule has 0 spiro atoms. The lowest BCUT2D eigenvalue weighted by Crippen LogP contribution is -2.41. The second kappa shape index (κ2) is 4.63. The average Bonchev–Trinajstić information content (AvgIpc) is 2.95. The molecule has 0 unspecified atom stereocenters. The van der Waals surface area contributed by atoms with Crippen LogP contribution < -0.4 is 10.9 Å². The Hall–Kier alpha value is -2.08. The summed E-state index contributed by atoms with van der Waals surface area (Å²) in [6.07, 6.45) is 1.63. The summed E-state index contributed by atoms with van der Waals surface area (Å²) in [4.78, 5) is 25.6. The van der Waals surface area contributed by atoms with Gasteiger partial charge >= 0.3 is 0 Å². The molecule has 16 heavy (non-hydrogen) atoms. The molecule has 2 heterocycles. The first kappa shape index (κ1) is 10.4. The predicted octanol–water partition coefficient (Wildman–Crippen LogP) is 1.15. The molecule has 0 saturated carbocycles. The van der Waals surface area contributed by atoms with E-state index in [1.165, 1.54) is 11.3 Å². The molecule has 3 N–H and O–H groups in total. The van der Waals surface area contributed by atoms with Gasteiger partial charge in [-0.1, -0.05) is 0 Å². The van der Waals surface area contributed by atoms with Crippen LogP contribution in [-0.4, -0.2) is 16.8 Å². The molecule has 0 aliphatic heterocycles. The summed E-state index contributed by atoms with van der Waals surface area (Å²) in [7, 11) is 0. The van der Waals surface area contributed by atoms with Gasteiger partial charge in [-0.3, -0.25) is 20.4 Å². The predicted molar refractivity (Wildman–Crippen MR) is 60.0 cm³/mol. The molecule has 2 aromatic heterocycles. The van der Waals surface area contributed by atoms with Crippen LogP contribution >= 0.6 is 11.3 Å². The minimum Gasteiger partial charge on any atom is -0.357 e. The maximum absolute atomic E-state index is 11.5. The number of aromatic amines is 1. The van der Waals surface area contributed by atoms with Gasteiger partial charge in [0.2, 0.25) is 0 Å². The lowest BCUT2D eigenvalue weighted by Gasteiger charge is -2.04. The number of hydrazine groups is 1. The molecule has 0 fully saturated rings. The molecule has 2 aromatic rings. The lowest BCUT2D eigenvalue weighted by atomic mass is 10.3. The highest BCUT2D eigenvalue weighted by molar-refractivity contribution is 7.08. The van der Waals surface area contributed by atoms with Crippen molar-refractivity contribution >= 4 is 23.2 Å². The third-order valence-electron chi connectivity index (χ3n) is 1.92. The zero-order chi connectivity index (χ0) is 11.4. The molecule has 2 amide bonds. The summed E-state index contributed by atoms with van der Waals surface area (Å²) in [5, 5.41) is 3.50. The van der Waals surface area contributed by atoms with Crippen LogP contribution in [0.4, 0.5) is 0 Å². The van der Waals surface area contributed by atoms with Crippen LogP contribution in [-0.2, 0) is 0 Å². The van der Waals surface area contributed by atoms with Crippen LogP contribution in [0, 0.1) is 0 Å². The van der Waals surface area contributed by atoms with E-state index in [2.05, 4.69) is 15.8 Å². The molecule has 82 valence electrons. The first-order valence-electron chi connectivity index (χ1n) is 4.53. The lowest BCUT2D eigenvalue weighted by molar-refractivity contribution is 0.0844. The summed E-state index contributed by atoms with van der Waals surface area (Å²) in [5.41, 5.74) is 5.55. The Labute approximate surface area is 95.5 Å². The van der Waals surface area contributed by atoms with Crippen LogP contribution in [0.1, 0.15) is 20.8 Å². The minimum absolute atomic E-state index is 0.332.